The molecule has 1 N–H and O–H groups in total. The van der Waals surface area contributed by atoms with Crippen molar-refractivity contribution in [2.24, 2.45) is 0 Å². The summed E-state index contributed by atoms with van der Waals surface area (Å²) in [6, 6.07) is 11.9. The fraction of sp³-hybridized carbons (Fsp3) is 0.188. The molecule has 0 saturated carbocycles. The van der Waals surface area contributed by atoms with E-state index in [0.717, 1.165) is 22.5 Å². The molecular formula is C16H16N2O2S. The lowest BCUT2D eigenvalue weighted by atomic mass is 10.2. The average Bonchev–Trinajstić information content (AvgIpc) is 2.81. The third kappa shape index (κ3) is 2.29. The van der Waals surface area contributed by atoms with E-state index in [1.165, 1.54) is 5.56 Å². The van der Waals surface area contributed by atoms with Crippen molar-refractivity contribution in [2.45, 2.75) is 6.92 Å². The molecular weight excluding hydrogens is 284 g/mol. The van der Waals surface area contributed by atoms with Crippen LogP contribution in [0.2, 0.25) is 0 Å². The highest BCUT2D eigenvalue weighted by Crippen LogP contribution is 2.30. The number of hydrogen-bond acceptors (Lipinski definition) is 3. The number of benzene rings is 2. The van der Waals surface area contributed by atoms with Crippen LogP contribution in [0.3, 0.4) is 0 Å². The fourth-order valence-electron chi connectivity index (χ4n) is 2.43. The molecule has 1 heterocycles. The molecule has 0 bridgehead atoms. The molecule has 0 saturated heterocycles. The number of hydrogen-bond donors (Lipinski definition) is 1. The predicted octanol–water partition coefficient (Wildman–Crippen LogP) is 4.01. The summed E-state index contributed by atoms with van der Waals surface area (Å²) in [6.45, 7) is 2.06. The van der Waals surface area contributed by atoms with Crippen molar-refractivity contribution in [2.75, 3.05) is 14.2 Å². The normalized spacial score (nSPS) is 10.8. The molecule has 2 aromatic carbocycles. The Bertz CT molecular complexity index is 864. The number of rotatable bonds is 3. The first-order chi connectivity index (χ1) is 10.1. The number of aromatic nitrogens is 2. The van der Waals surface area contributed by atoms with Gasteiger partial charge in [-0.05, 0) is 49.0 Å². The summed E-state index contributed by atoms with van der Waals surface area (Å²) in [4.78, 5) is 3.24. The minimum absolute atomic E-state index is 0.638. The molecule has 0 amide bonds. The summed E-state index contributed by atoms with van der Waals surface area (Å²) in [5.41, 5.74) is 4.11. The maximum atomic E-state index is 5.48. The molecule has 0 radical (unpaired) electrons. The van der Waals surface area contributed by atoms with E-state index in [2.05, 4.69) is 30.1 Å². The second kappa shape index (κ2) is 5.26. The van der Waals surface area contributed by atoms with Crippen LogP contribution < -0.4 is 9.47 Å². The third-order valence-corrected chi connectivity index (χ3v) is 3.75. The van der Waals surface area contributed by atoms with E-state index < -0.39 is 0 Å². The van der Waals surface area contributed by atoms with Crippen molar-refractivity contribution in [1.82, 2.24) is 9.55 Å². The summed E-state index contributed by atoms with van der Waals surface area (Å²) >= 11 is 5.47. The van der Waals surface area contributed by atoms with Crippen LogP contribution in [0.25, 0.3) is 16.7 Å². The molecule has 0 aliphatic rings. The van der Waals surface area contributed by atoms with E-state index in [0.29, 0.717) is 10.5 Å². The van der Waals surface area contributed by atoms with E-state index >= 15 is 0 Å². The standard InChI is InChI=1S/C16H16N2O2S/c1-10-4-6-13-12(8-10)17-16(21)18(13)14-7-5-11(19-2)9-15(14)20-3/h4-9H,1-3H3,(H,17,21). The highest BCUT2D eigenvalue weighted by molar-refractivity contribution is 7.71. The maximum Gasteiger partial charge on any atom is 0.182 e. The zero-order chi connectivity index (χ0) is 15.0. The Morgan fingerprint density at radius 3 is 2.57 bits per heavy atom. The van der Waals surface area contributed by atoms with Crippen LogP contribution in [0.5, 0.6) is 11.5 Å². The van der Waals surface area contributed by atoms with Gasteiger partial charge in [-0.3, -0.25) is 4.57 Å². The molecule has 0 atom stereocenters. The zero-order valence-electron chi connectivity index (χ0n) is 12.1. The minimum Gasteiger partial charge on any atom is -0.497 e. The number of aromatic amines is 1. The van der Waals surface area contributed by atoms with Crippen LogP contribution in [-0.2, 0) is 0 Å². The van der Waals surface area contributed by atoms with Crippen molar-refractivity contribution in [3.63, 3.8) is 0 Å². The molecule has 4 nitrogen and oxygen atoms in total. The summed E-state index contributed by atoms with van der Waals surface area (Å²) in [5, 5.41) is 0. The highest BCUT2D eigenvalue weighted by atomic mass is 32.1. The van der Waals surface area contributed by atoms with Crippen molar-refractivity contribution < 1.29 is 9.47 Å². The van der Waals surface area contributed by atoms with Gasteiger partial charge >= 0.3 is 0 Å². The lowest BCUT2D eigenvalue weighted by Gasteiger charge is -2.12. The molecule has 5 heteroatoms. The number of imidazole rings is 1. The SMILES string of the molecule is COc1ccc(-n2c(=S)[nH]c3cc(C)ccc32)c(OC)c1. The molecule has 0 fully saturated rings. The molecule has 0 aliphatic heterocycles. The molecule has 21 heavy (non-hydrogen) atoms. The second-order valence-corrected chi connectivity index (χ2v) is 5.21. The van der Waals surface area contributed by atoms with Crippen molar-refractivity contribution in [3.05, 3.63) is 46.7 Å². The molecule has 0 spiro atoms. The van der Waals surface area contributed by atoms with Crippen LogP contribution in [0.1, 0.15) is 5.56 Å². The largest absolute Gasteiger partial charge is 0.497 e. The Morgan fingerprint density at radius 1 is 1.05 bits per heavy atom. The number of ether oxygens (including phenoxy) is 2. The van der Waals surface area contributed by atoms with Gasteiger partial charge in [-0.1, -0.05) is 6.07 Å². The van der Waals surface area contributed by atoms with E-state index in [4.69, 9.17) is 21.7 Å². The van der Waals surface area contributed by atoms with Gasteiger partial charge in [-0.2, -0.15) is 0 Å². The second-order valence-electron chi connectivity index (χ2n) is 4.82. The molecule has 3 rings (SSSR count). The molecule has 0 unspecified atom stereocenters. The molecule has 3 aromatic rings. The van der Waals surface area contributed by atoms with Gasteiger partial charge in [0.05, 0.1) is 30.9 Å². The van der Waals surface area contributed by atoms with Crippen LogP contribution in [0.15, 0.2) is 36.4 Å². The summed E-state index contributed by atoms with van der Waals surface area (Å²) in [7, 11) is 3.27. The smallest absolute Gasteiger partial charge is 0.182 e. The van der Waals surface area contributed by atoms with E-state index in [9.17, 15) is 0 Å². The fourth-order valence-corrected chi connectivity index (χ4v) is 2.74. The first-order valence-corrected chi connectivity index (χ1v) is 6.98. The van der Waals surface area contributed by atoms with Crippen LogP contribution >= 0.6 is 12.2 Å². The van der Waals surface area contributed by atoms with Gasteiger partial charge in [0.2, 0.25) is 0 Å². The van der Waals surface area contributed by atoms with Gasteiger partial charge in [0.15, 0.2) is 4.77 Å². The van der Waals surface area contributed by atoms with Crippen molar-refractivity contribution >= 4 is 23.3 Å². The predicted molar refractivity (Wildman–Crippen MR) is 86.3 cm³/mol. The highest BCUT2D eigenvalue weighted by Gasteiger charge is 2.12. The number of nitrogens with zero attached hydrogens (tertiary/aromatic N) is 1. The molecule has 1 aromatic heterocycles. The summed E-state index contributed by atoms with van der Waals surface area (Å²) < 4.78 is 13.3. The van der Waals surface area contributed by atoms with Gasteiger partial charge in [0, 0.05) is 6.07 Å². The van der Waals surface area contributed by atoms with Crippen molar-refractivity contribution in [1.29, 1.82) is 0 Å². The van der Waals surface area contributed by atoms with E-state index in [1.807, 2.05) is 22.8 Å². The quantitative estimate of drug-likeness (QED) is 0.743. The van der Waals surface area contributed by atoms with Crippen LogP contribution in [0, 0.1) is 11.7 Å². The van der Waals surface area contributed by atoms with Gasteiger partial charge in [-0.15, -0.1) is 0 Å². The minimum atomic E-state index is 0.638. The number of methoxy groups -OCH3 is 2. The monoisotopic (exact) mass is 300 g/mol. The Balaban J connectivity index is 2.30. The first-order valence-electron chi connectivity index (χ1n) is 6.58. The number of fused-ring (bicyclic) bond motifs is 1. The third-order valence-electron chi connectivity index (χ3n) is 3.47. The van der Waals surface area contributed by atoms with Crippen molar-refractivity contribution in [3.8, 4) is 17.2 Å². The Labute approximate surface area is 127 Å². The van der Waals surface area contributed by atoms with Crippen LogP contribution in [-0.4, -0.2) is 23.8 Å². The van der Waals surface area contributed by atoms with E-state index in [-0.39, 0.29) is 0 Å². The lowest BCUT2D eigenvalue weighted by Crippen LogP contribution is -1.98. The Hall–Kier alpha value is -2.27. The Kier molecular flexibility index (Phi) is 3.43. The van der Waals surface area contributed by atoms with Gasteiger partial charge in [0.25, 0.3) is 0 Å². The number of nitrogens with one attached hydrogen (secondary N) is 1. The number of aryl methyl sites for hydroxylation is 1. The first kappa shape index (κ1) is 13.7. The average molecular weight is 300 g/mol. The zero-order valence-corrected chi connectivity index (χ0v) is 13.0. The number of H-pyrrole nitrogens is 1. The molecule has 0 aliphatic carbocycles. The van der Waals surface area contributed by atoms with E-state index in [1.54, 1.807) is 14.2 Å². The summed E-state index contributed by atoms with van der Waals surface area (Å²) in [6.07, 6.45) is 0. The summed E-state index contributed by atoms with van der Waals surface area (Å²) in [5.74, 6) is 1.46. The van der Waals surface area contributed by atoms with Gasteiger partial charge < -0.3 is 14.5 Å². The molecule has 108 valence electrons. The maximum absolute atomic E-state index is 5.48. The Morgan fingerprint density at radius 2 is 1.86 bits per heavy atom. The lowest BCUT2D eigenvalue weighted by molar-refractivity contribution is 0.393. The van der Waals surface area contributed by atoms with Crippen LogP contribution in [0.4, 0.5) is 0 Å². The van der Waals surface area contributed by atoms with Gasteiger partial charge in [0.1, 0.15) is 11.5 Å². The van der Waals surface area contributed by atoms with Gasteiger partial charge in [-0.25, -0.2) is 0 Å². The topological polar surface area (TPSA) is 39.2 Å².